The average Bonchev–Trinajstić information content (AvgIpc) is 2.42. The number of nitrogens with one attached hydrogen (secondary N) is 1. The minimum atomic E-state index is -3.65. The zero-order valence-corrected chi connectivity index (χ0v) is 10.9. The lowest BCUT2D eigenvalue weighted by Gasteiger charge is -2.11. The van der Waals surface area contributed by atoms with Crippen LogP contribution < -0.4 is 10.5 Å². The maximum atomic E-state index is 12.1. The standard InChI is InChI=1S/C13H14N2O3S/c14-12-8-10(9-16)6-7-13(12)15-19(17,18)11-4-2-1-3-5-11/h1-8,15-16H,9,14H2. The highest BCUT2D eigenvalue weighted by atomic mass is 32.2. The Bertz CT molecular complexity index is 670. The number of hydrogen-bond donors (Lipinski definition) is 3. The van der Waals surface area contributed by atoms with E-state index in [4.69, 9.17) is 10.8 Å². The minimum absolute atomic E-state index is 0.143. The Morgan fingerprint density at radius 2 is 1.79 bits per heavy atom. The van der Waals surface area contributed by atoms with Gasteiger partial charge in [0.25, 0.3) is 10.0 Å². The van der Waals surface area contributed by atoms with Gasteiger partial charge in [0.2, 0.25) is 0 Å². The number of nitrogens with two attached hydrogens (primary N) is 1. The van der Waals surface area contributed by atoms with Crippen molar-refractivity contribution in [3.8, 4) is 0 Å². The van der Waals surface area contributed by atoms with Gasteiger partial charge in [0.05, 0.1) is 22.9 Å². The van der Waals surface area contributed by atoms with Crippen molar-refractivity contribution in [2.24, 2.45) is 0 Å². The van der Waals surface area contributed by atoms with Crippen LogP contribution >= 0.6 is 0 Å². The summed E-state index contributed by atoms with van der Waals surface area (Å²) in [4.78, 5) is 0.167. The molecule has 0 aromatic heterocycles. The predicted octanol–water partition coefficient (Wildman–Crippen LogP) is 1.56. The number of sulfonamides is 1. The zero-order valence-electron chi connectivity index (χ0n) is 10.1. The van der Waals surface area contributed by atoms with Crippen LogP contribution in [0.4, 0.5) is 11.4 Å². The summed E-state index contributed by atoms with van der Waals surface area (Å²) in [6, 6.07) is 12.7. The van der Waals surface area contributed by atoms with Gasteiger partial charge in [-0.2, -0.15) is 0 Å². The molecular formula is C13H14N2O3S. The van der Waals surface area contributed by atoms with E-state index in [9.17, 15) is 8.42 Å². The van der Waals surface area contributed by atoms with Crippen molar-refractivity contribution in [2.45, 2.75) is 11.5 Å². The molecule has 2 rings (SSSR count). The third kappa shape index (κ3) is 3.04. The Morgan fingerprint density at radius 3 is 2.37 bits per heavy atom. The highest BCUT2D eigenvalue weighted by Crippen LogP contribution is 2.23. The van der Waals surface area contributed by atoms with E-state index in [0.29, 0.717) is 11.3 Å². The zero-order chi connectivity index (χ0) is 13.9. The number of aliphatic hydroxyl groups excluding tert-OH is 1. The van der Waals surface area contributed by atoms with Crippen LogP contribution in [0.25, 0.3) is 0 Å². The number of benzene rings is 2. The summed E-state index contributed by atoms with van der Waals surface area (Å²) in [7, 11) is -3.65. The molecule has 2 aromatic carbocycles. The molecule has 0 saturated heterocycles. The van der Waals surface area contributed by atoms with Gasteiger partial charge in [0.15, 0.2) is 0 Å². The molecule has 0 saturated carbocycles. The quantitative estimate of drug-likeness (QED) is 0.740. The van der Waals surface area contributed by atoms with Crippen LogP contribution in [0.15, 0.2) is 53.4 Å². The second kappa shape index (κ2) is 5.29. The van der Waals surface area contributed by atoms with Crippen LogP contribution in [-0.4, -0.2) is 13.5 Å². The molecule has 0 atom stereocenters. The Kier molecular flexibility index (Phi) is 3.73. The number of aliphatic hydroxyl groups is 1. The molecule has 5 nitrogen and oxygen atoms in total. The molecule has 0 heterocycles. The SMILES string of the molecule is Nc1cc(CO)ccc1NS(=O)(=O)c1ccccc1. The molecule has 0 aliphatic heterocycles. The lowest BCUT2D eigenvalue weighted by molar-refractivity contribution is 0.282. The Balaban J connectivity index is 2.31. The highest BCUT2D eigenvalue weighted by molar-refractivity contribution is 7.92. The van der Waals surface area contributed by atoms with Crippen molar-refractivity contribution >= 4 is 21.4 Å². The van der Waals surface area contributed by atoms with Gasteiger partial charge in [-0.25, -0.2) is 8.42 Å². The summed E-state index contributed by atoms with van der Waals surface area (Å²) in [5, 5.41) is 8.97. The van der Waals surface area contributed by atoms with Crippen LogP contribution in [0.2, 0.25) is 0 Å². The van der Waals surface area contributed by atoms with Gasteiger partial charge in [0, 0.05) is 0 Å². The summed E-state index contributed by atoms with van der Waals surface area (Å²) in [6.07, 6.45) is 0. The van der Waals surface area contributed by atoms with E-state index in [1.807, 2.05) is 0 Å². The summed E-state index contributed by atoms with van der Waals surface area (Å²) in [5.74, 6) is 0. The van der Waals surface area contributed by atoms with E-state index in [1.54, 1.807) is 24.3 Å². The number of nitrogen functional groups attached to an aromatic ring is 1. The number of anilines is 2. The van der Waals surface area contributed by atoms with Crippen molar-refractivity contribution < 1.29 is 13.5 Å². The smallest absolute Gasteiger partial charge is 0.261 e. The molecular weight excluding hydrogens is 264 g/mol. The van der Waals surface area contributed by atoms with Gasteiger partial charge >= 0.3 is 0 Å². The molecule has 0 aliphatic carbocycles. The molecule has 0 radical (unpaired) electrons. The molecule has 2 aromatic rings. The molecule has 6 heteroatoms. The first-order chi connectivity index (χ1) is 9.03. The second-order valence-electron chi connectivity index (χ2n) is 4.00. The first-order valence-corrected chi connectivity index (χ1v) is 7.08. The van der Waals surface area contributed by atoms with Crippen LogP contribution in [-0.2, 0) is 16.6 Å². The third-order valence-corrected chi connectivity index (χ3v) is 3.98. The van der Waals surface area contributed by atoms with Gasteiger partial charge in [-0.15, -0.1) is 0 Å². The van der Waals surface area contributed by atoms with E-state index >= 15 is 0 Å². The molecule has 19 heavy (non-hydrogen) atoms. The number of hydrogen-bond acceptors (Lipinski definition) is 4. The minimum Gasteiger partial charge on any atom is -0.397 e. The monoisotopic (exact) mass is 278 g/mol. The molecule has 0 fully saturated rings. The van der Waals surface area contributed by atoms with Gasteiger partial charge in [-0.05, 0) is 29.8 Å². The Labute approximate surface area is 111 Å². The summed E-state index contributed by atoms with van der Waals surface area (Å²) < 4.78 is 26.6. The van der Waals surface area contributed by atoms with Gasteiger partial charge in [-0.1, -0.05) is 24.3 Å². The summed E-state index contributed by atoms with van der Waals surface area (Å²) in [6.45, 7) is -0.143. The lowest BCUT2D eigenvalue weighted by Crippen LogP contribution is -2.14. The van der Waals surface area contributed by atoms with Crippen molar-refractivity contribution in [3.63, 3.8) is 0 Å². The maximum absolute atomic E-state index is 12.1. The molecule has 0 unspecified atom stereocenters. The van der Waals surface area contributed by atoms with Crippen molar-refractivity contribution in [2.75, 3.05) is 10.5 Å². The molecule has 0 spiro atoms. The highest BCUT2D eigenvalue weighted by Gasteiger charge is 2.14. The fourth-order valence-electron chi connectivity index (χ4n) is 1.61. The normalized spacial score (nSPS) is 11.2. The third-order valence-electron chi connectivity index (χ3n) is 2.60. The van der Waals surface area contributed by atoms with Crippen molar-refractivity contribution in [1.82, 2.24) is 0 Å². The van der Waals surface area contributed by atoms with E-state index in [0.717, 1.165) is 0 Å². The Morgan fingerprint density at radius 1 is 1.11 bits per heavy atom. The first-order valence-electron chi connectivity index (χ1n) is 5.60. The maximum Gasteiger partial charge on any atom is 0.261 e. The largest absolute Gasteiger partial charge is 0.397 e. The van der Waals surface area contributed by atoms with Gasteiger partial charge < -0.3 is 10.8 Å². The fraction of sp³-hybridized carbons (Fsp3) is 0.0769. The predicted molar refractivity (Wildman–Crippen MR) is 74.0 cm³/mol. The fourth-order valence-corrected chi connectivity index (χ4v) is 2.72. The van der Waals surface area contributed by atoms with Gasteiger partial charge in [-0.3, -0.25) is 4.72 Å². The summed E-state index contributed by atoms with van der Waals surface area (Å²) >= 11 is 0. The topological polar surface area (TPSA) is 92.4 Å². The molecule has 0 amide bonds. The molecule has 100 valence electrons. The second-order valence-corrected chi connectivity index (χ2v) is 5.68. The first kappa shape index (κ1) is 13.4. The van der Waals surface area contributed by atoms with Crippen LogP contribution in [0, 0.1) is 0 Å². The van der Waals surface area contributed by atoms with Crippen LogP contribution in [0.5, 0.6) is 0 Å². The average molecular weight is 278 g/mol. The molecule has 0 bridgehead atoms. The van der Waals surface area contributed by atoms with Crippen molar-refractivity contribution in [3.05, 3.63) is 54.1 Å². The number of rotatable bonds is 4. The van der Waals surface area contributed by atoms with Crippen LogP contribution in [0.1, 0.15) is 5.56 Å². The van der Waals surface area contributed by atoms with E-state index in [-0.39, 0.29) is 17.2 Å². The van der Waals surface area contributed by atoms with E-state index in [1.165, 1.54) is 24.3 Å². The van der Waals surface area contributed by atoms with Crippen molar-refractivity contribution in [1.29, 1.82) is 0 Å². The van der Waals surface area contributed by atoms with Gasteiger partial charge in [0.1, 0.15) is 0 Å². The molecule has 4 N–H and O–H groups in total. The Hall–Kier alpha value is -2.05. The lowest BCUT2D eigenvalue weighted by atomic mass is 10.2. The van der Waals surface area contributed by atoms with Crippen LogP contribution in [0.3, 0.4) is 0 Å². The summed E-state index contributed by atoms with van der Waals surface area (Å²) in [5.41, 5.74) is 6.93. The van der Waals surface area contributed by atoms with E-state index < -0.39 is 10.0 Å². The molecule has 0 aliphatic rings. The van der Waals surface area contributed by atoms with E-state index in [2.05, 4.69) is 4.72 Å².